The fraction of sp³-hybridized carbons (Fsp3) is 0.318. The standard InChI is InChI=1S/C22H25N3O3S/c1-23(2)29(27,28)19-10-11-20-18(14-19)15-21(22(26)24-12-6-7-13-24)25(20)16-17-8-4-3-5-9-17/h3-5,8-11,14-15H,6-7,12-13,16H2,1-2H3. The average molecular weight is 412 g/mol. The van der Waals surface area contributed by atoms with Crippen molar-refractivity contribution in [2.24, 2.45) is 0 Å². The third kappa shape index (κ3) is 3.68. The number of rotatable bonds is 5. The Kier molecular flexibility index (Phi) is 5.19. The highest BCUT2D eigenvalue weighted by molar-refractivity contribution is 7.89. The van der Waals surface area contributed by atoms with Gasteiger partial charge in [0.1, 0.15) is 5.69 Å². The number of sulfonamides is 1. The fourth-order valence-electron chi connectivity index (χ4n) is 3.82. The SMILES string of the molecule is CN(C)S(=O)(=O)c1ccc2c(c1)cc(C(=O)N1CCCC1)n2Cc1ccccc1. The number of aromatic nitrogens is 1. The first-order valence-electron chi connectivity index (χ1n) is 9.77. The second-order valence-corrected chi connectivity index (χ2v) is 9.76. The molecule has 6 nitrogen and oxygen atoms in total. The molecule has 3 aromatic rings. The maximum atomic E-state index is 13.2. The predicted octanol–water partition coefficient (Wildman–Crippen LogP) is 3.18. The zero-order chi connectivity index (χ0) is 20.6. The lowest BCUT2D eigenvalue weighted by molar-refractivity contribution is 0.0783. The third-order valence-corrected chi connectivity index (χ3v) is 7.26. The van der Waals surface area contributed by atoms with Crippen LogP contribution in [0.5, 0.6) is 0 Å². The molecule has 2 aromatic carbocycles. The van der Waals surface area contributed by atoms with Crippen LogP contribution in [0.25, 0.3) is 10.9 Å². The van der Waals surface area contributed by atoms with Gasteiger partial charge in [-0.05, 0) is 42.7 Å². The van der Waals surface area contributed by atoms with Gasteiger partial charge in [0, 0.05) is 44.6 Å². The molecule has 0 aliphatic carbocycles. The molecule has 0 saturated carbocycles. The third-order valence-electron chi connectivity index (χ3n) is 5.45. The van der Waals surface area contributed by atoms with Crippen molar-refractivity contribution in [3.05, 3.63) is 65.9 Å². The Morgan fingerprint density at radius 2 is 1.69 bits per heavy atom. The summed E-state index contributed by atoms with van der Waals surface area (Å²) in [6.07, 6.45) is 2.05. The van der Waals surface area contributed by atoms with Crippen LogP contribution in [0.2, 0.25) is 0 Å². The van der Waals surface area contributed by atoms with Crippen LogP contribution in [0.1, 0.15) is 28.9 Å². The molecule has 1 fully saturated rings. The Bertz CT molecular complexity index is 1140. The molecule has 1 amide bonds. The van der Waals surface area contributed by atoms with E-state index in [1.165, 1.54) is 18.4 Å². The Labute approximate surface area is 171 Å². The number of fused-ring (bicyclic) bond motifs is 1. The molecule has 152 valence electrons. The second kappa shape index (κ2) is 7.65. The van der Waals surface area contributed by atoms with Gasteiger partial charge in [0.05, 0.1) is 4.90 Å². The van der Waals surface area contributed by atoms with E-state index < -0.39 is 10.0 Å². The zero-order valence-electron chi connectivity index (χ0n) is 16.7. The van der Waals surface area contributed by atoms with Crippen LogP contribution in [0.3, 0.4) is 0 Å². The first kappa shape index (κ1) is 19.7. The van der Waals surface area contributed by atoms with E-state index in [9.17, 15) is 13.2 Å². The van der Waals surface area contributed by atoms with Crippen LogP contribution in [-0.2, 0) is 16.6 Å². The number of likely N-dealkylation sites (tertiary alicyclic amines) is 1. The van der Waals surface area contributed by atoms with Crippen LogP contribution >= 0.6 is 0 Å². The molecule has 0 N–H and O–H groups in total. The van der Waals surface area contributed by atoms with Crippen LogP contribution in [-0.4, -0.2) is 55.3 Å². The van der Waals surface area contributed by atoms with Crippen molar-refractivity contribution in [3.63, 3.8) is 0 Å². The molecule has 7 heteroatoms. The lowest BCUT2D eigenvalue weighted by Crippen LogP contribution is -2.29. The van der Waals surface area contributed by atoms with Crippen LogP contribution in [0.15, 0.2) is 59.5 Å². The number of carbonyl (C=O) groups is 1. The van der Waals surface area contributed by atoms with E-state index in [1.807, 2.05) is 45.9 Å². The maximum absolute atomic E-state index is 13.2. The van der Waals surface area contributed by atoms with Crippen molar-refractivity contribution < 1.29 is 13.2 Å². The summed E-state index contributed by atoms with van der Waals surface area (Å²) in [4.78, 5) is 15.3. The van der Waals surface area contributed by atoms with Crippen LogP contribution < -0.4 is 0 Å². The van der Waals surface area contributed by atoms with Gasteiger partial charge in [0.2, 0.25) is 10.0 Å². The van der Waals surface area contributed by atoms with Gasteiger partial charge in [-0.25, -0.2) is 12.7 Å². The van der Waals surface area contributed by atoms with Crippen molar-refractivity contribution in [2.45, 2.75) is 24.3 Å². The van der Waals surface area contributed by atoms with E-state index in [0.717, 1.165) is 42.4 Å². The molecule has 0 atom stereocenters. The zero-order valence-corrected chi connectivity index (χ0v) is 17.5. The Morgan fingerprint density at radius 3 is 2.34 bits per heavy atom. The Morgan fingerprint density at radius 1 is 1.00 bits per heavy atom. The number of amides is 1. The van der Waals surface area contributed by atoms with E-state index in [-0.39, 0.29) is 10.8 Å². The van der Waals surface area contributed by atoms with Gasteiger partial charge in [-0.15, -0.1) is 0 Å². The van der Waals surface area contributed by atoms with Gasteiger partial charge in [-0.1, -0.05) is 30.3 Å². The van der Waals surface area contributed by atoms with E-state index in [0.29, 0.717) is 12.2 Å². The summed E-state index contributed by atoms with van der Waals surface area (Å²) in [7, 11) is -0.505. The predicted molar refractivity (Wildman–Crippen MR) is 113 cm³/mol. The Balaban J connectivity index is 1.84. The summed E-state index contributed by atoms with van der Waals surface area (Å²) in [5.41, 5.74) is 2.55. The van der Waals surface area contributed by atoms with Crippen molar-refractivity contribution in [1.29, 1.82) is 0 Å². The van der Waals surface area contributed by atoms with Crippen molar-refractivity contribution >= 4 is 26.8 Å². The molecule has 0 spiro atoms. The Hall–Kier alpha value is -2.64. The molecule has 1 saturated heterocycles. The topological polar surface area (TPSA) is 62.6 Å². The van der Waals surface area contributed by atoms with E-state index in [4.69, 9.17) is 0 Å². The lowest BCUT2D eigenvalue weighted by Gasteiger charge is -2.17. The highest BCUT2D eigenvalue weighted by atomic mass is 32.2. The summed E-state index contributed by atoms with van der Waals surface area (Å²) in [6, 6.07) is 16.9. The molecule has 0 unspecified atom stereocenters. The molecule has 1 aromatic heterocycles. The molecule has 0 radical (unpaired) electrons. The number of nitrogens with zero attached hydrogens (tertiary/aromatic N) is 3. The van der Waals surface area contributed by atoms with Gasteiger partial charge >= 0.3 is 0 Å². The van der Waals surface area contributed by atoms with Crippen molar-refractivity contribution in [1.82, 2.24) is 13.8 Å². The average Bonchev–Trinajstić information content (AvgIpc) is 3.36. The van der Waals surface area contributed by atoms with Gasteiger partial charge in [0.25, 0.3) is 5.91 Å². The number of hydrogen-bond donors (Lipinski definition) is 0. The molecular formula is C22H25N3O3S. The first-order valence-corrected chi connectivity index (χ1v) is 11.2. The van der Waals surface area contributed by atoms with Gasteiger partial charge in [0.15, 0.2) is 0 Å². The summed E-state index contributed by atoms with van der Waals surface area (Å²) in [6.45, 7) is 2.09. The van der Waals surface area contributed by atoms with Crippen LogP contribution in [0, 0.1) is 0 Å². The monoisotopic (exact) mass is 411 g/mol. The lowest BCUT2D eigenvalue weighted by atomic mass is 10.2. The van der Waals surface area contributed by atoms with E-state index >= 15 is 0 Å². The number of carbonyl (C=O) groups excluding carboxylic acids is 1. The van der Waals surface area contributed by atoms with E-state index in [2.05, 4.69) is 0 Å². The minimum absolute atomic E-state index is 0.00616. The first-order chi connectivity index (χ1) is 13.9. The largest absolute Gasteiger partial charge is 0.337 e. The highest BCUT2D eigenvalue weighted by Gasteiger charge is 2.25. The highest BCUT2D eigenvalue weighted by Crippen LogP contribution is 2.27. The summed E-state index contributed by atoms with van der Waals surface area (Å²) < 4.78 is 28.3. The molecule has 0 bridgehead atoms. The van der Waals surface area contributed by atoms with Gasteiger partial charge < -0.3 is 9.47 Å². The maximum Gasteiger partial charge on any atom is 0.270 e. The number of benzene rings is 2. The second-order valence-electron chi connectivity index (χ2n) is 7.61. The summed E-state index contributed by atoms with van der Waals surface area (Å²) in [5, 5.41) is 0.756. The molecular weight excluding hydrogens is 386 g/mol. The molecule has 1 aliphatic heterocycles. The molecule has 1 aliphatic rings. The smallest absolute Gasteiger partial charge is 0.270 e. The quantitative estimate of drug-likeness (QED) is 0.648. The van der Waals surface area contributed by atoms with Crippen molar-refractivity contribution in [3.8, 4) is 0 Å². The molecule has 4 rings (SSSR count). The van der Waals surface area contributed by atoms with Crippen LogP contribution in [0.4, 0.5) is 0 Å². The summed E-state index contributed by atoms with van der Waals surface area (Å²) >= 11 is 0. The fourth-order valence-corrected chi connectivity index (χ4v) is 4.75. The van der Waals surface area contributed by atoms with Gasteiger partial charge in [-0.2, -0.15) is 0 Å². The van der Waals surface area contributed by atoms with Gasteiger partial charge in [-0.3, -0.25) is 4.79 Å². The van der Waals surface area contributed by atoms with E-state index in [1.54, 1.807) is 18.2 Å². The number of hydrogen-bond acceptors (Lipinski definition) is 3. The molecule has 2 heterocycles. The van der Waals surface area contributed by atoms with Crippen molar-refractivity contribution in [2.75, 3.05) is 27.2 Å². The minimum atomic E-state index is -3.54. The summed E-state index contributed by atoms with van der Waals surface area (Å²) in [5.74, 6) is 0.00616. The minimum Gasteiger partial charge on any atom is -0.337 e. The molecule has 29 heavy (non-hydrogen) atoms. The normalized spacial score (nSPS) is 14.8.